The van der Waals surface area contributed by atoms with Crippen molar-refractivity contribution in [3.8, 4) is 17.2 Å². The third-order valence-electron chi connectivity index (χ3n) is 3.65. The van der Waals surface area contributed by atoms with Crippen LogP contribution in [-0.4, -0.2) is 18.1 Å². The Morgan fingerprint density at radius 2 is 2.04 bits per heavy atom. The maximum Gasteiger partial charge on any atom is 0.341 e. The molecule has 0 radical (unpaired) electrons. The first-order valence-corrected chi connectivity index (χ1v) is 9.54. The van der Waals surface area contributed by atoms with Gasteiger partial charge >= 0.3 is 5.97 Å². The lowest BCUT2D eigenvalue weighted by molar-refractivity contribution is 0.0603. The molecule has 27 heavy (non-hydrogen) atoms. The summed E-state index contributed by atoms with van der Waals surface area (Å²) in [5.41, 5.74) is 2.85. The van der Waals surface area contributed by atoms with E-state index in [1.54, 1.807) is 17.5 Å². The fourth-order valence-electron chi connectivity index (χ4n) is 2.37. The lowest BCUT2D eigenvalue weighted by Gasteiger charge is -2.06. The monoisotopic (exact) mass is 399 g/mol. The highest BCUT2D eigenvalue weighted by molar-refractivity contribution is 7.15. The Morgan fingerprint density at radius 3 is 2.63 bits per heavy atom. The number of anilines is 1. The number of esters is 1. The molecule has 0 fully saturated rings. The molecule has 0 aliphatic heterocycles. The highest BCUT2D eigenvalue weighted by Gasteiger charge is 2.21. The second-order valence-electron chi connectivity index (χ2n) is 5.46. The van der Waals surface area contributed by atoms with Crippen LogP contribution in [-0.2, 0) is 4.74 Å². The number of aromatic nitrogens is 1. The molecule has 0 saturated heterocycles. The van der Waals surface area contributed by atoms with Crippen LogP contribution in [0.1, 0.15) is 21.1 Å². The number of ether oxygens (including phenoxy) is 1. The molecular weight excluding hydrogens is 385 g/mol. The summed E-state index contributed by atoms with van der Waals surface area (Å²) in [6, 6.07) is 7.97. The number of aryl methyl sites for hydroxylation is 1. The van der Waals surface area contributed by atoms with Crippen LogP contribution < -0.4 is 5.32 Å². The van der Waals surface area contributed by atoms with E-state index in [0.29, 0.717) is 32.3 Å². The van der Waals surface area contributed by atoms with Gasteiger partial charge in [0, 0.05) is 28.2 Å². The molecule has 0 atom stereocenters. The molecule has 0 amide bonds. The normalized spacial score (nSPS) is 11.1. The van der Waals surface area contributed by atoms with Gasteiger partial charge in [-0.05, 0) is 24.6 Å². The van der Waals surface area contributed by atoms with Crippen molar-refractivity contribution >= 4 is 39.2 Å². The molecule has 5 nitrogen and oxygen atoms in total. The lowest BCUT2D eigenvalue weighted by atomic mass is 10.0. The molecule has 0 unspecified atom stereocenters. The zero-order valence-corrected chi connectivity index (χ0v) is 16.1. The second-order valence-corrected chi connectivity index (χ2v) is 7.20. The van der Waals surface area contributed by atoms with Crippen molar-refractivity contribution in [2.24, 2.45) is 0 Å². The topological polar surface area (TPSA) is 75.0 Å². The molecule has 3 aromatic rings. The third kappa shape index (κ3) is 4.05. The molecule has 0 aliphatic carbocycles. The molecule has 136 valence electrons. The molecular formula is C19H14FN3O2S2. The van der Waals surface area contributed by atoms with Crippen molar-refractivity contribution in [2.75, 3.05) is 12.4 Å². The summed E-state index contributed by atoms with van der Waals surface area (Å²) in [6.07, 6.45) is 1.52. The Morgan fingerprint density at radius 1 is 1.30 bits per heavy atom. The average molecular weight is 399 g/mol. The number of methoxy groups -OCH3 is 1. The highest BCUT2D eigenvalue weighted by Crippen LogP contribution is 2.36. The molecule has 0 aliphatic rings. The number of halogens is 1. The van der Waals surface area contributed by atoms with Gasteiger partial charge in [-0.3, -0.25) is 0 Å². The molecule has 1 N–H and O–H groups in total. The van der Waals surface area contributed by atoms with Gasteiger partial charge in [0.15, 0.2) is 0 Å². The smallest absolute Gasteiger partial charge is 0.341 e. The van der Waals surface area contributed by atoms with E-state index < -0.39 is 5.97 Å². The number of allylic oxidation sites excluding steroid dienone is 1. The van der Waals surface area contributed by atoms with Gasteiger partial charge in [-0.25, -0.2) is 14.2 Å². The number of carbonyl (C=O) groups excluding carboxylic acids is 1. The van der Waals surface area contributed by atoms with Gasteiger partial charge < -0.3 is 10.1 Å². The molecule has 1 aromatic carbocycles. The van der Waals surface area contributed by atoms with Gasteiger partial charge in [0.2, 0.25) is 0 Å². The van der Waals surface area contributed by atoms with Crippen LogP contribution in [0.15, 0.2) is 41.2 Å². The van der Waals surface area contributed by atoms with Crippen molar-refractivity contribution in [2.45, 2.75) is 6.92 Å². The largest absolute Gasteiger partial charge is 0.465 e. The number of nitrogens with one attached hydrogen (secondary N) is 1. The van der Waals surface area contributed by atoms with Crippen molar-refractivity contribution in [3.05, 3.63) is 63.3 Å². The van der Waals surface area contributed by atoms with Crippen LogP contribution in [0.2, 0.25) is 0 Å². The maximum absolute atomic E-state index is 13.2. The lowest BCUT2D eigenvalue weighted by Crippen LogP contribution is -2.04. The summed E-state index contributed by atoms with van der Waals surface area (Å²) >= 11 is 2.67. The van der Waals surface area contributed by atoms with E-state index in [2.05, 4.69) is 16.4 Å². The van der Waals surface area contributed by atoms with Crippen molar-refractivity contribution in [3.63, 3.8) is 0 Å². The van der Waals surface area contributed by atoms with Crippen LogP contribution in [0, 0.1) is 24.1 Å². The Kier molecular flexibility index (Phi) is 5.64. The Labute approximate surface area is 163 Å². The summed E-state index contributed by atoms with van der Waals surface area (Å²) in [5, 5.41) is 17.2. The maximum atomic E-state index is 13.2. The first-order chi connectivity index (χ1) is 13.0. The van der Waals surface area contributed by atoms with E-state index in [4.69, 9.17) is 4.74 Å². The fourth-order valence-corrected chi connectivity index (χ4v) is 4.06. The van der Waals surface area contributed by atoms with Crippen molar-refractivity contribution in [1.29, 1.82) is 5.26 Å². The Bertz CT molecular complexity index is 1050. The van der Waals surface area contributed by atoms with Crippen LogP contribution in [0.25, 0.3) is 16.7 Å². The van der Waals surface area contributed by atoms with Crippen LogP contribution in [0.4, 0.5) is 9.39 Å². The van der Waals surface area contributed by atoms with E-state index in [-0.39, 0.29) is 5.82 Å². The molecule has 8 heteroatoms. The van der Waals surface area contributed by atoms with Gasteiger partial charge in [-0.15, -0.1) is 22.7 Å². The van der Waals surface area contributed by atoms with E-state index in [0.717, 1.165) is 5.69 Å². The number of nitrogens with zero attached hydrogens (tertiary/aromatic N) is 2. The first-order valence-electron chi connectivity index (χ1n) is 7.78. The quantitative estimate of drug-likeness (QED) is 0.478. The summed E-state index contributed by atoms with van der Waals surface area (Å²) in [7, 11) is 1.30. The highest BCUT2D eigenvalue weighted by atomic mass is 32.1. The summed E-state index contributed by atoms with van der Waals surface area (Å²) in [6.45, 7) is 1.85. The van der Waals surface area contributed by atoms with Gasteiger partial charge in [-0.1, -0.05) is 12.1 Å². The minimum absolute atomic E-state index is 0.331. The zero-order chi connectivity index (χ0) is 19.4. The molecule has 2 heterocycles. The number of carbonyl (C=O) groups is 1. The second kappa shape index (κ2) is 8.12. The van der Waals surface area contributed by atoms with E-state index >= 15 is 0 Å². The third-order valence-corrected chi connectivity index (χ3v) is 5.56. The van der Waals surface area contributed by atoms with Crippen molar-refractivity contribution < 1.29 is 13.9 Å². The average Bonchev–Trinajstić information content (AvgIpc) is 3.29. The number of nitriles is 1. The van der Waals surface area contributed by atoms with Crippen LogP contribution in [0.5, 0.6) is 0 Å². The van der Waals surface area contributed by atoms with Crippen LogP contribution in [0.3, 0.4) is 0 Å². The number of benzene rings is 1. The van der Waals surface area contributed by atoms with Crippen LogP contribution >= 0.6 is 22.7 Å². The number of rotatable bonds is 5. The molecule has 3 rings (SSSR count). The summed E-state index contributed by atoms with van der Waals surface area (Å²) in [5.74, 6) is -0.873. The van der Waals surface area contributed by atoms with Gasteiger partial charge in [-0.2, -0.15) is 5.26 Å². The van der Waals surface area contributed by atoms with E-state index in [1.165, 1.54) is 48.1 Å². The minimum atomic E-state index is -0.518. The summed E-state index contributed by atoms with van der Waals surface area (Å²) < 4.78 is 18.1. The number of hydrogen-bond donors (Lipinski definition) is 1. The Hall–Kier alpha value is -3.02. The zero-order valence-electron chi connectivity index (χ0n) is 14.4. The number of thiazole rings is 1. The number of hydrogen-bond acceptors (Lipinski definition) is 7. The standard InChI is InChI=1S/C19H14FN3O2S2/c1-11-9-26-17(23-11)13(7-21)8-22-18-16(19(24)25-2)15(10-27-18)12-3-5-14(20)6-4-12/h3-6,8-10,22H,1-2H3/b13-8+. The minimum Gasteiger partial charge on any atom is -0.465 e. The first kappa shape index (κ1) is 18.8. The predicted octanol–water partition coefficient (Wildman–Crippen LogP) is 5.08. The molecule has 2 aromatic heterocycles. The van der Waals surface area contributed by atoms with E-state index in [1.807, 2.05) is 12.3 Å². The van der Waals surface area contributed by atoms with Gasteiger partial charge in [0.25, 0.3) is 0 Å². The predicted molar refractivity (Wildman–Crippen MR) is 105 cm³/mol. The Balaban J connectivity index is 1.98. The molecule has 0 saturated carbocycles. The van der Waals surface area contributed by atoms with Gasteiger partial charge in [0.1, 0.15) is 33.0 Å². The van der Waals surface area contributed by atoms with Crippen molar-refractivity contribution in [1.82, 2.24) is 4.98 Å². The number of thiophene rings is 1. The SMILES string of the molecule is COC(=O)c1c(-c2ccc(F)cc2)csc1N/C=C(\C#N)c1nc(C)cs1. The molecule has 0 spiro atoms. The van der Waals surface area contributed by atoms with Gasteiger partial charge in [0.05, 0.1) is 7.11 Å². The fraction of sp³-hybridized carbons (Fsp3) is 0.105. The summed E-state index contributed by atoms with van der Waals surface area (Å²) in [4.78, 5) is 16.6. The van der Waals surface area contributed by atoms with E-state index in [9.17, 15) is 14.4 Å². The molecule has 0 bridgehead atoms.